The van der Waals surface area contributed by atoms with E-state index in [1.165, 1.54) is 6.07 Å². The van der Waals surface area contributed by atoms with Crippen LogP contribution in [0.15, 0.2) is 30.3 Å². The molecule has 0 saturated carbocycles. The number of hydrogen-bond donors (Lipinski definition) is 3. The van der Waals surface area contributed by atoms with Crippen molar-refractivity contribution in [1.29, 1.82) is 0 Å². The summed E-state index contributed by atoms with van der Waals surface area (Å²) >= 11 is 0. The second-order valence-electron chi connectivity index (χ2n) is 7.59. The molecule has 2 aliphatic rings. The van der Waals surface area contributed by atoms with Gasteiger partial charge in [0.25, 0.3) is 0 Å². The highest BCUT2D eigenvalue weighted by Gasteiger charge is 2.19. The summed E-state index contributed by atoms with van der Waals surface area (Å²) in [5.41, 5.74) is 11.3. The number of aromatic nitrogens is 2. The fourth-order valence-electron chi connectivity index (χ4n) is 3.30. The summed E-state index contributed by atoms with van der Waals surface area (Å²) in [6.07, 6.45) is 0. The number of carboxylic acid groups (broad SMARTS) is 1. The van der Waals surface area contributed by atoms with Gasteiger partial charge in [0.05, 0.1) is 26.4 Å². The lowest BCUT2D eigenvalue weighted by Gasteiger charge is -2.27. The van der Waals surface area contributed by atoms with Gasteiger partial charge in [-0.1, -0.05) is 6.07 Å². The maximum Gasteiger partial charge on any atom is 0.354 e. The van der Waals surface area contributed by atoms with Gasteiger partial charge in [0, 0.05) is 50.0 Å². The molecule has 0 spiro atoms. The fourth-order valence-corrected chi connectivity index (χ4v) is 3.30. The first-order chi connectivity index (χ1) is 16.4. The zero-order valence-corrected chi connectivity index (χ0v) is 18.9. The number of carboxylic acids is 1. The van der Waals surface area contributed by atoms with Crippen LogP contribution in [0.1, 0.15) is 20.8 Å². The van der Waals surface area contributed by atoms with Crippen LogP contribution >= 0.6 is 0 Å². The monoisotopic (exact) mass is 474 g/mol. The van der Waals surface area contributed by atoms with Gasteiger partial charge in [-0.05, 0) is 18.2 Å². The van der Waals surface area contributed by atoms with Crippen molar-refractivity contribution in [2.45, 2.75) is 0 Å². The molecular formula is C22H30N6O6. The third-order valence-electron chi connectivity index (χ3n) is 5.14. The molecule has 2 aromatic rings. The summed E-state index contributed by atoms with van der Waals surface area (Å²) in [6.45, 7) is 6.85. The first kappa shape index (κ1) is 25.1. The molecule has 2 saturated heterocycles. The molecule has 12 nitrogen and oxygen atoms in total. The lowest BCUT2D eigenvalue weighted by molar-refractivity contribution is 0.0319. The molecule has 12 heteroatoms. The molecular weight excluding hydrogens is 444 g/mol. The van der Waals surface area contributed by atoms with Crippen LogP contribution in [0.4, 0.5) is 11.6 Å². The highest BCUT2D eigenvalue weighted by Crippen LogP contribution is 2.17. The lowest BCUT2D eigenvalue weighted by atomic mass is 10.2. The molecule has 1 amide bonds. The summed E-state index contributed by atoms with van der Waals surface area (Å²) in [5.74, 6) is -0.881. The van der Waals surface area contributed by atoms with Crippen molar-refractivity contribution < 1.29 is 28.9 Å². The minimum atomic E-state index is -1.09. The Labute approximate surface area is 197 Å². The number of hydrogen-bond acceptors (Lipinski definition) is 10. The van der Waals surface area contributed by atoms with E-state index in [0.29, 0.717) is 50.1 Å². The van der Waals surface area contributed by atoms with Crippen LogP contribution in [0.2, 0.25) is 0 Å². The van der Waals surface area contributed by atoms with Crippen LogP contribution in [0.3, 0.4) is 0 Å². The maximum atomic E-state index is 11.3. The molecule has 0 atom stereocenters. The van der Waals surface area contributed by atoms with Crippen LogP contribution in [-0.2, 0) is 9.47 Å². The maximum absolute atomic E-state index is 11.3. The normalized spacial score (nSPS) is 16.3. The molecule has 3 heterocycles. The summed E-state index contributed by atoms with van der Waals surface area (Å²) < 4.78 is 16.3. The smallest absolute Gasteiger partial charge is 0.354 e. The molecule has 34 heavy (non-hydrogen) atoms. The molecule has 1 aromatic heterocycles. The third-order valence-corrected chi connectivity index (χ3v) is 5.14. The lowest BCUT2D eigenvalue weighted by Crippen LogP contribution is -2.39. The minimum Gasteiger partial charge on any atom is -0.477 e. The van der Waals surface area contributed by atoms with Gasteiger partial charge >= 0.3 is 5.97 Å². The third kappa shape index (κ3) is 7.83. The number of carbonyl (C=O) groups is 2. The topological polar surface area (TPSA) is 166 Å². The largest absolute Gasteiger partial charge is 0.477 e. The van der Waals surface area contributed by atoms with Gasteiger partial charge in [0.1, 0.15) is 6.61 Å². The van der Waals surface area contributed by atoms with E-state index in [0.717, 1.165) is 32.8 Å². The summed E-state index contributed by atoms with van der Waals surface area (Å²) in [6, 6.07) is 7.93. The average Bonchev–Trinajstić information content (AvgIpc) is 2.85. The number of carbonyl (C=O) groups excluding carboxylic acids is 1. The molecule has 0 aliphatic carbocycles. The number of benzene rings is 1. The Bertz CT molecular complexity index is 963. The van der Waals surface area contributed by atoms with Crippen molar-refractivity contribution >= 4 is 23.5 Å². The van der Waals surface area contributed by atoms with Crippen LogP contribution < -0.4 is 21.1 Å². The van der Waals surface area contributed by atoms with E-state index in [2.05, 4.69) is 14.9 Å². The number of nitrogen functional groups attached to an aromatic ring is 1. The molecule has 0 unspecified atom stereocenters. The van der Waals surface area contributed by atoms with E-state index in [1.54, 1.807) is 24.3 Å². The zero-order chi connectivity index (χ0) is 24.3. The molecule has 0 bridgehead atoms. The van der Waals surface area contributed by atoms with Crippen molar-refractivity contribution in [3.05, 3.63) is 41.6 Å². The van der Waals surface area contributed by atoms with Gasteiger partial charge in [0.2, 0.25) is 17.7 Å². The number of nitrogens with zero attached hydrogens (tertiary/aromatic N) is 4. The molecule has 0 radical (unpaired) electrons. The summed E-state index contributed by atoms with van der Waals surface area (Å²) in [4.78, 5) is 34.4. The van der Waals surface area contributed by atoms with E-state index >= 15 is 0 Å². The van der Waals surface area contributed by atoms with Crippen LogP contribution in [0.5, 0.6) is 5.88 Å². The number of primary amides is 1. The van der Waals surface area contributed by atoms with Crippen molar-refractivity contribution in [2.75, 3.05) is 76.4 Å². The number of anilines is 2. The number of nitrogens with two attached hydrogens (primary N) is 2. The van der Waals surface area contributed by atoms with Gasteiger partial charge in [-0.2, -0.15) is 4.98 Å². The molecule has 5 N–H and O–H groups in total. The fraction of sp³-hybridized carbons (Fsp3) is 0.455. The predicted molar refractivity (Wildman–Crippen MR) is 124 cm³/mol. The predicted octanol–water partition coefficient (Wildman–Crippen LogP) is 0.0901. The summed E-state index contributed by atoms with van der Waals surface area (Å²) in [7, 11) is 0. The molecule has 1 aromatic carbocycles. The number of morpholine rings is 2. The quantitative estimate of drug-likeness (QED) is 0.465. The van der Waals surface area contributed by atoms with Gasteiger partial charge in [-0.15, -0.1) is 0 Å². The number of amides is 1. The minimum absolute atomic E-state index is 0.0622. The Morgan fingerprint density at radius 2 is 1.71 bits per heavy atom. The van der Waals surface area contributed by atoms with Crippen molar-refractivity contribution in [3.63, 3.8) is 0 Å². The van der Waals surface area contributed by atoms with Crippen molar-refractivity contribution in [2.24, 2.45) is 5.73 Å². The van der Waals surface area contributed by atoms with E-state index < -0.39 is 11.9 Å². The van der Waals surface area contributed by atoms with Gasteiger partial charge < -0.3 is 35.7 Å². The second kappa shape index (κ2) is 12.7. The molecule has 2 aliphatic heterocycles. The highest BCUT2D eigenvalue weighted by atomic mass is 16.5. The molecule has 184 valence electrons. The van der Waals surface area contributed by atoms with Gasteiger partial charge in [0.15, 0.2) is 5.69 Å². The van der Waals surface area contributed by atoms with E-state index in [9.17, 15) is 14.7 Å². The Kier molecular flexibility index (Phi) is 9.38. The van der Waals surface area contributed by atoms with E-state index in [4.69, 9.17) is 25.7 Å². The standard InChI is InChI=1S/C15H22N4O5.C7H8N2O/c20-14(21)12-11-13(24-10-3-18-1-6-22-7-2-18)17-15(16-12)19-4-8-23-9-5-19;8-6-3-1-2-5(4-6)7(9)10/h11H,1-10H2,(H,20,21);1-4H,8H2,(H2,9,10). The van der Waals surface area contributed by atoms with Crippen LogP contribution in [0, 0.1) is 0 Å². The van der Waals surface area contributed by atoms with Gasteiger partial charge in [-0.25, -0.2) is 9.78 Å². The first-order valence-corrected chi connectivity index (χ1v) is 11.0. The molecule has 2 fully saturated rings. The Balaban J connectivity index is 0.000000271. The van der Waals surface area contributed by atoms with Gasteiger partial charge in [-0.3, -0.25) is 9.69 Å². The van der Waals surface area contributed by atoms with Crippen molar-refractivity contribution in [1.82, 2.24) is 14.9 Å². The number of ether oxygens (including phenoxy) is 3. The number of rotatable bonds is 7. The average molecular weight is 475 g/mol. The van der Waals surface area contributed by atoms with Crippen LogP contribution in [0.25, 0.3) is 0 Å². The summed E-state index contributed by atoms with van der Waals surface area (Å²) in [5, 5.41) is 9.25. The second-order valence-corrected chi connectivity index (χ2v) is 7.59. The Morgan fingerprint density at radius 1 is 1.03 bits per heavy atom. The SMILES string of the molecule is NC(=O)c1cccc(N)c1.O=C(O)c1cc(OCCN2CCOCC2)nc(N2CCOCC2)n1. The highest BCUT2D eigenvalue weighted by molar-refractivity contribution is 5.93. The Hall–Kier alpha value is -3.48. The van der Waals surface area contributed by atoms with E-state index in [-0.39, 0.29) is 11.6 Å². The molecule has 4 rings (SSSR count). The number of aromatic carboxylic acids is 1. The zero-order valence-electron chi connectivity index (χ0n) is 18.9. The van der Waals surface area contributed by atoms with Crippen LogP contribution in [-0.4, -0.2) is 97.6 Å². The van der Waals surface area contributed by atoms with E-state index in [1.807, 2.05) is 4.90 Å². The first-order valence-electron chi connectivity index (χ1n) is 11.0. The Morgan fingerprint density at radius 3 is 2.29 bits per heavy atom. The van der Waals surface area contributed by atoms with Crippen molar-refractivity contribution in [3.8, 4) is 5.88 Å².